The zero-order chi connectivity index (χ0) is 27.1. The molecule has 11 heteroatoms. The van der Waals surface area contributed by atoms with Gasteiger partial charge in [-0.2, -0.15) is 0 Å². The standard InChI is InChI=1S/C27H26BrN2O7P/c1-3-30-25-22(15-21(28)16-29-25)24(31)23(27(32)34-4-2)26(30)37-38(33,35-17-19-11-7-5-8-12-19)36-18-20-13-9-6-10-14-20/h5-16H,3-4,17-18H2,1-2H3. The number of ether oxygens (including phenoxy) is 1. The maximum atomic E-state index is 14.1. The van der Waals surface area contributed by atoms with E-state index in [1.807, 2.05) is 36.4 Å². The number of carbonyl (C=O) groups is 1. The molecule has 0 unspecified atom stereocenters. The van der Waals surface area contributed by atoms with Gasteiger partial charge in [-0.3, -0.25) is 18.4 Å². The predicted octanol–water partition coefficient (Wildman–Crippen LogP) is 6.28. The third kappa shape index (κ3) is 6.39. The van der Waals surface area contributed by atoms with E-state index >= 15 is 0 Å². The number of nitrogens with zero attached hydrogens (tertiary/aromatic N) is 2. The highest BCUT2D eigenvalue weighted by atomic mass is 79.9. The fourth-order valence-electron chi connectivity index (χ4n) is 3.70. The van der Waals surface area contributed by atoms with Gasteiger partial charge >= 0.3 is 13.8 Å². The van der Waals surface area contributed by atoms with E-state index < -0.39 is 24.8 Å². The van der Waals surface area contributed by atoms with E-state index in [2.05, 4.69) is 20.9 Å². The summed E-state index contributed by atoms with van der Waals surface area (Å²) in [5.74, 6) is -1.23. The normalized spacial score (nSPS) is 11.4. The van der Waals surface area contributed by atoms with Crippen molar-refractivity contribution in [2.45, 2.75) is 33.6 Å². The number of aromatic nitrogens is 2. The molecular formula is C27H26BrN2O7P. The molecular weight excluding hydrogens is 575 g/mol. The Balaban J connectivity index is 1.82. The van der Waals surface area contributed by atoms with Crippen LogP contribution in [0.25, 0.3) is 11.0 Å². The molecule has 2 heterocycles. The second-order valence-corrected chi connectivity index (χ2v) is 10.6. The molecule has 9 nitrogen and oxygen atoms in total. The number of esters is 1. The SMILES string of the molecule is CCOC(=O)c1c(OP(=O)(OCc2ccccc2)OCc2ccccc2)n(CC)c2ncc(Br)cc2c1=O. The Labute approximate surface area is 228 Å². The lowest BCUT2D eigenvalue weighted by atomic mass is 10.2. The number of carbonyl (C=O) groups excluding carboxylic acids is 1. The van der Waals surface area contributed by atoms with Crippen molar-refractivity contribution >= 4 is 40.8 Å². The van der Waals surface area contributed by atoms with E-state index in [1.54, 1.807) is 44.2 Å². The molecule has 0 bridgehead atoms. The molecule has 0 saturated heterocycles. The summed E-state index contributed by atoms with van der Waals surface area (Å²) in [7, 11) is -4.41. The predicted molar refractivity (Wildman–Crippen MR) is 146 cm³/mol. The Bertz CT molecular complexity index is 1480. The van der Waals surface area contributed by atoms with Crippen molar-refractivity contribution in [3.05, 3.63) is 104 Å². The third-order valence-electron chi connectivity index (χ3n) is 5.48. The summed E-state index contributed by atoms with van der Waals surface area (Å²) < 4.78 is 38.6. The van der Waals surface area contributed by atoms with Gasteiger partial charge in [0.25, 0.3) is 0 Å². The minimum atomic E-state index is -4.41. The Morgan fingerprint density at radius 3 is 2.08 bits per heavy atom. The van der Waals surface area contributed by atoms with Gasteiger partial charge < -0.3 is 9.26 Å². The van der Waals surface area contributed by atoms with Crippen LogP contribution < -0.4 is 9.95 Å². The number of pyridine rings is 2. The fourth-order valence-corrected chi connectivity index (χ4v) is 5.23. The molecule has 38 heavy (non-hydrogen) atoms. The van der Waals surface area contributed by atoms with Gasteiger partial charge in [-0.05, 0) is 47.0 Å². The number of hydrogen-bond donors (Lipinski definition) is 0. The number of halogens is 1. The molecule has 0 N–H and O–H groups in total. The quantitative estimate of drug-likeness (QED) is 0.146. The lowest BCUT2D eigenvalue weighted by Crippen LogP contribution is -2.24. The molecule has 4 rings (SSSR count). The maximum absolute atomic E-state index is 14.1. The van der Waals surface area contributed by atoms with Crippen LogP contribution in [0, 0.1) is 0 Å². The highest BCUT2D eigenvalue weighted by molar-refractivity contribution is 9.10. The molecule has 0 saturated carbocycles. The van der Waals surface area contributed by atoms with Gasteiger partial charge in [-0.1, -0.05) is 60.7 Å². The number of rotatable bonds is 11. The van der Waals surface area contributed by atoms with Crippen LogP contribution in [0.15, 0.2) is 82.2 Å². The van der Waals surface area contributed by atoms with Gasteiger partial charge in [0.05, 0.1) is 25.2 Å². The molecule has 0 spiro atoms. The number of phosphoric ester groups is 1. The van der Waals surface area contributed by atoms with Crippen molar-refractivity contribution in [2.24, 2.45) is 0 Å². The van der Waals surface area contributed by atoms with E-state index in [4.69, 9.17) is 18.3 Å². The van der Waals surface area contributed by atoms with Crippen LogP contribution in [0.1, 0.15) is 35.3 Å². The monoisotopic (exact) mass is 600 g/mol. The first kappa shape index (κ1) is 27.7. The van der Waals surface area contributed by atoms with Gasteiger partial charge in [0.1, 0.15) is 5.65 Å². The van der Waals surface area contributed by atoms with Crippen molar-refractivity contribution in [3.63, 3.8) is 0 Å². The Hall–Kier alpha value is -3.30. The van der Waals surface area contributed by atoms with Crippen molar-refractivity contribution in [2.75, 3.05) is 6.61 Å². The van der Waals surface area contributed by atoms with Crippen LogP contribution in [0.5, 0.6) is 5.88 Å². The summed E-state index contributed by atoms with van der Waals surface area (Å²) in [4.78, 5) is 30.9. The first-order chi connectivity index (χ1) is 18.3. The van der Waals surface area contributed by atoms with Crippen LogP contribution in [0.3, 0.4) is 0 Å². The molecule has 0 amide bonds. The summed E-state index contributed by atoms with van der Waals surface area (Å²) in [5.41, 5.74) is 0.588. The van der Waals surface area contributed by atoms with Crippen LogP contribution in [0.2, 0.25) is 0 Å². The van der Waals surface area contributed by atoms with Crippen molar-refractivity contribution in [1.29, 1.82) is 0 Å². The molecule has 0 fully saturated rings. The summed E-state index contributed by atoms with van der Waals surface area (Å²) in [6.07, 6.45) is 1.51. The number of hydrogen-bond acceptors (Lipinski definition) is 8. The Morgan fingerprint density at radius 2 is 1.55 bits per heavy atom. The largest absolute Gasteiger partial charge is 0.531 e. The average molecular weight is 601 g/mol. The van der Waals surface area contributed by atoms with E-state index in [9.17, 15) is 14.2 Å². The third-order valence-corrected chi connectivity index (χ3v) is 7.20. The molecule has 2 aromatic heterocycles. The van der Waals surface area contributed by atoms with Gasteiger partial charge in [-0.25, -0.2) is 14.3 Å². The zero-order valence-corrected chi connectivity index (χ0v) is 23.3. The lowest BCUT2D eigenvalue weighted by Gasteiger charge is -2.23. The first-order valence-corrected chi connectivity index (χ1v) is 14.2. The van der Waals surface area contributed by atoms with Crippen molar-refractivity contribution in [3.8, 4) is 5.88 Å². The van der Waals surface area contributed by atoms with Gasteiger partial charge in [0.15, 0.2) is 5.56 Å². The smallest absolute Gasteiger partial charge is 0.462 e. The molecule has 4 aromatic rings. The minimum Gasteiger partial charge on any atom is -0.462 e. The summed E-state index contributed by atoms with van der Waals surface area (Å²) in [6.45, 7) is 3.44. The summed E-state index contributed by atoms with van der Waals surface area (Å²) in [6, 6.07) is 19.7. The van der Waals surface area contributed by atoms with E-state index in [-0.39, 0.29) is 43.3 Å². The molecule has 2 aromatic carbocycles. The summed E-state index contributed by atoms with van der Waals surface area (Å²) >= 11 is 3.32. The van der Waals surface area contributed by atoms with Crippen LogP contribution >= 0.6 is 23.8 Å². The van der Waals surface area contributed by atoms with Crippen LogP contribution in [-0.4, -0.2) is 22.1 Å². The fraction of sp³-hybridized carbons (Fsp3) is 0.222. The average Bonchev–Trinajstić information content (AvgIpc) is 2.93. The topological polar surface area (TPSA) is 106 Å². The van der Waals surface area contributed by atoms with Crippen molar-refractivity contribution < 1.29 is 27.7 Å². The molecule has 0 aliphatic heterocycles. The number of aryl methyl sites for hydroxylation is 1. The van der Waals surface area contributed by atoms with E-state index in [0.29, 0.717) is 4.47 Å². The van der Waals surface area contributed by atoms with E-state index in [1.165, 1.54) is 10.8 Å². The molecule has 0 aliphatic carbocycles. The van der Waals surface area contributed by atoms with Crippen molar-refractivity contribution in [1.82, 2.24) is 9.55 Å². The number of phosphoric acid groups is 1. The maximum Gasteiger partial charge on any atom is 0.531 e. The Kier molecular flexibility index (Phi) is 9.12. The minimum absolute atomic E-state index is 0.0191. The molecule has 198 valence electrons. The lowest BCUT2D eigenvalue weighted by molar-refractivity contribution is 0.0520. The molecule has 0 aliphatic rings. The number of fused-ring (bicyclic) bond motifs is 1. The number of benzene rings is 2. The Morgan fingerprint density at radius 1 is 0.974 bits per heavy atom. The summed E-state index contributed by atoms with van der Waals surface area (Å²) in [5, 5.41) is 0.168. The highest BCUT2D eigenvalue weighted by Gasteiger charge is 2.35. The second kappa shape index (κ2) is 12.5. The first-order valence-electron chi connectivity index (χ1n) is 11.9. The van der Waals surface area contributed by atoms with Crippen LogP contribution in [0.4, 0.5) is 0 Å². The zero-order valence-electron chi connectivity index (χ0n) is 20.8. The van der Waals surface area contributed by atoms with Gasteiger partial charge in [0.2, 0.25) is 11.3 Å². The van der Waals surface area contributed by atoms with Gasteiger partial charge in [0, 0.05) is 17.2 Å². The second-order valence-electron chi connectivity index (χ2n) is 8.06. The van der Waals surface area contributed by atoms with E-state index in [0.717, 1.165) is 11.1 Å². The molecule has 0 radical (unpaired) electrons. The highest BCUT2D eigenvalue weighted by Crippen LogP contribution is 2.51. The molecule has 0 atom stereocenters. The van der Waals surface area contributed by atoms with Gasteiger partial charge in [-0.15, -0.1) is 0 Å². The van der Waals surface area contributed by atoms with Crippen LogP contribution in [-0.2, 0) is 38.1 Å².